The summed E-state index contributed by atoms with van der Waals surface area (Å²) in [6.45, 7) is 0.159. The third kappa shape index (κ3) is 5.89. The zero-order valence-corrected chi connectivity index (χ0v) is 21.1. The van der Waals surface area contributed by atoms with E-state index < -0.39 is 28.8 Å². The molecule has 1 atom stereocenters. The molecule has 12 heteroatoms. The van der Waals surface area contributed by atoms with E-state index in [1.54, 1.807) is 42.5 Å². The van der Waals surface area contributed by atoms with Crippen molar-refractivity contribution in [2.24, 2.45) is 4.99 Å². The molecule has 1 saturated heterocycles. The van der Waals surface area contributed by atoms with Crippen molar-refractivity contribution in [3.63, 3.8) is 0 Å². The van der Waals surface area contributed by atoms with Gasteiger partial charge in [0.15, 0.2) is 16.7 Å². The molecule has 0 unspecified atom stereocenters. The Morgan fingerprint density at radius 1 is 1.08 bits per heavy atom. The number of ether oxygens (including phenoxy) is 2. The molecule has 0 saturated carbocycles. The van der Waals surface area contributed by atoms with Gasteiger partial charge in [-0.15, -0.1) is 0 Å². The summed E-state index contributed by atoms with van der Waals surface area (Å²) in [6.07, 6.45) is -4.69. The van der Waals surface area contributed by atoms with Gasteiger partial charge < -0.3 is 14.8 Å². The van der Waals surface area contributed by atoms with E-state index in [1.807, 2.05) is 0 Å². The highest BCUT2D eigenvalue weighted by Gasteiger charge is 2.36. The van der Waals surface area contributed by atoms with Gasteiger partial charge >= 0.3 is 6.18 Å². The van der Waals surface area contributed by atoms with E-state index in [-0.39, 0.29) is 30.6 Å². The van der Waals surface area contributed by atoms with Crippen LogP contribution in [0.2, 0.25) is 5.02 Å². The van der Waals surface area contributed by atoms with Gasteiger partial charge in [0.25, 0.3) is 0 Å². The van der Waals surface area contributed by atoms with Crippen LogP contribution < -0.4 is 14.8 Å². The minimum atomic E-state index is -4.56. The molecule has 0 radical (unpaired) electrons. The number of rotatable bonds is 5. The van der Waals surface area contributed by atoms with E-state index in [0.29, 0.717) is 27.8 Å². The second-order valence-electron chi connectivity index (χ2n) is 8.42. The fraction of sp³-hybridized carbons (Fsp3) is 0.192. The van der Waals surface area contributed by atoms with Gasteiger partial charge in [0, 0.05) is 17.1 Å². The van der Waals surface area contributed by atoms with Gasteiger partial charge in [-0.2, -0.15) is 13.2 Å². The van der Waals surface area contributed by atoms with Gasteiger partial charge in [-0.3, -0.25) is 14.5 Å². The number of nitrogens with zero attached hydrogens (tertiary/aromatic N) is 2. The lowest BCUT2D eigenvalue weighted by atomic mass is 10.1. The Kier molecular flexibility index (Phi) is 7.22. The zero-order chi connectivity index (χ0) is 26.9. The molecule has 1 N–H and O–H groups in total. The van der Waals surface area contributed by atoms with Crippen molar-refractivity contribution in [3.05, 3.63) is 82.9 Å². The van der Waals surface area contributed by atoms with Crippen molar-refractivity contribution in [2.45, 2.75) is 24.4 Å². The molecule has 0 aliphatic carbocycles. The van der Waals surface area contributed by atoms with E-state index in [4.69, 9.17) is 21.1 Å². The topological polar surface area (TPSA) is 80.2 Å². The largest absolute Gasteiger partial charge is 0.454 e. The number of halogens is 4. The van der Waals surface area contributed by atoms with Gasteiger partial charge in [0.1, 0.15) is 5.25 Å². The number of carbonyl (C=O) groups is 2. The first-order valence-electron chi connectivity index (χ1n) is 11.3. The van der Waals surface area contributed by atoms with Crippen LogP contribution in [0.1, 0.15) is 17.5 Å². The second kappa shape index (κ2) is 10.6. The molecule has 5 rings (SSSR count). The van der Waals surface area contributed by atoms with Gasteiger partial charge in [-0.05, 0) is 54.1 Å². The Bertz CT molecular complexity index is 1430. The number of carbonyl (C=O) groups excluding carboxylic acids is 2. The highest BCUT2D eigenvalue weighted by molar-refractivity contribution is 8.15. The van der Waals surface area contributed by atoms with E-state index in [0.717, 1.165) is 23.9 Å². The summed E-state index contributed by atoms with van der Waals surface area (Å²) in [5.74, 6) is 0.238. The number of amides is 2. The maximum atomic E-state index is 13.3. The molecule has 38 heavy (non-hydrogen) atoms. The lowest BCUT2D eigenvalue weighted by Gasteiger charge is -2.32. The molecule has 2 heterocycles. The zero-order valence-electron chi connectivity index (χ0n) is 19.5. The number of benzene rings is 3. The van der Waals surface area contributed by atoms with Crippen molar-refractivity contribution in [2.75, 3.05) is 12.1 Å². The Morgan fingerprint density at radius 2 is 1.87 bits per heavy atom. The van der Waals surface area contributed by atoms with E-state index >= 15 is 0 Å². The maximum absolute atomic E-state index is 13.3. The summed E-state index contributed by atoms with van der Waals surface area (Å²) < 4.78 is 50.6. The molecule has 7 nitrogen and oxygen atoms in total. The number of fused-ring (bicyclic) bond motifs is 1. The average molecular weight is 562 g/mol. The highest BCUT2D eigenvalue weighted by Crippen LogP contribution is 2.36. The molecule has 2 aliphatic heterocycles. The Hall–Kier alpha value is -3.70. The number of anilines is 1. The van der Waals surface area contributed by atoms with Crippen LogP contribution in [0.15, 0.2) is 71.7 Å². The number of nitrogens with one attached hydrogen (secondary N) is 1. The smallest absolute Gasteiger partial charge is 0.416 e. The van der Waals surface area contributed by atoms with E-state index in [9.17, 15) is 22.8 Å². The molecule has 0 spiro atoms. The van der Waals surface area contributed by atoms with Crippen molar-refractivity contribution in [1.29, 1.82) is 0 Å². The van der Waals surface area contributed by atoms with Crippen LogP contribution in [0.25, 0.3) is 0 Å². The van der Waals surface area contributed by atoms with Crippen LogP contribution in [0, 0.1) is 0 Å². The van der Waals surface area contributed by atoms with E-state index in [1.165, 1.54) is 17.0 Å². The highest BCUT2D eigenvalue weighted by atomic mass is 35.5. The van der Waals surface area contributed by atoms with Gasteiger partial charge in [-0.1, -0.05) is 41.6 Å². The molecule has 1 fully saturated rings. The van der Waals surface area contributed by atoms with Crippen molar-refractivity contribution in [1.82, 2.24) is 4.90 Å². The molecular weight excluding hydrogens is 543 g/mol. The lowest BCUT2D eigenvalue weighted by molar-refractivity contribution is -0.137. The Balaban J connectivity index is 1.45. The van der Waals surface area contributed by atoms with E-state index in [2.05, 4.69) is 10.3 Å². The third-order valence-electron chi connectivity index (χ3n) is 5.70. The minimum Gasteiger partial charge on any atom is -0.454 e. The molecule has 0 bridgehead atoms. The average Bonchev–Trinajstić information content (AvgIpc) is 3.33. The summed E-state index contributed by atoms with van der Waals surface area (Å²) in [7, 11) is 0. The first-order chi connectivity index (χ1) is 18.2. The van der Waals surface area contributed by atoms with Crippen LogP contribution in [0.3, 0.4) is 0 Å². The minimum absolute atomic E-state index is 0.00158. The monoisotopic (exact) mass is 561 g/mol. The predicted octanol–water partition coefficient (Wildman–Crippen LogP) is 6.25. The van der Waals surface area contributed by atoms with Crippen LogP contribution >= 0.6 is 23.4 Å². The van der Waals surface area contributed by atoms with Gasteiger partial charge in [0.2, 0.25) is 18.6 Å². The number of aliphatic imine (C=N–C) groups is 1. The number of alkyl halides is 3. The summed E-state index contributed by atoms with van der Waals surface area (Å²) >= 11 is 6.99. The first-order valence-corrected chi connectivity index (χ1v) is 12.6. The molecule has 3 aromatic carbocycles. The second-order valence-corrected chi connectivity index (χ2v) is 10.0. The Morgan fingerprint density at radius 3 is 2.66 bits per heavy atom. The van der Waals surface area contributed by atoms with Crippen molar-refractivity contribution < 1.29 is 32.2 Å². The van der Waals surface area contributed by atoms with Gasteiger partial charge in [0.05, 0.1) is 17.8 Å². The molecule has 3 aromatic rings. The molecule has 0 aromatic heterocycles. The summed E-state index contributed by atoms with van der Waals surface area (Å²) in [5.41, 5.74) is 0.280. The number of hydrogen-bond donors (Lipinski definition) is 1. The van der Waals surface area contributed by atoms with Crippen molar-refractivity contribution in [3.8, 4) is 11.5 Å². The summed E-state index contributed by atoms with van der Waals surface area (Å²) in [6, 6.07) is 16.2. The third-order valence-corrected chi connectivity index (χ3v) is 7.12. The summed E-state index contributed by atoms with van der Waals surface area (Å²) in [4.78, 5) is 32.0. The van der Waals surface area contributed by atoms with Crippen LogP contribution in [-0.4, -0.2) is 33.9 Å². The quantitative estimate of drug-likeness (QED) is 0.398. The fourth-order valence-electron chi connectivity index (χ4n) is 3.87. The maximum Gasteiger partial charge on any atom is 0.416 e. The summed E-state index contributed by atoms with van der Waals surface area (Å²) in [5, 5.41) is 2.40. The van der Waals surface area contributed by atoms with Crippen LogP contribution in [0.4, 0.5) is 24.5 Å². The number of amidine groups is 1. The molecule has 2 aliphatic rings. The predicted molar refractivity (Wildman–Crippen MR) is 138 cm³/mol. The van der Waals surface area contributed by atoms with Crippen LogP contribution in [0.5, 0.6) is 11.5 Å². The van der Waals surface area contributed by atoms with Crippen LogP contribution in [-0.2, 0) is 22.3 Å². The Labute approximate surface area is 224 Å². The molecular formula is C26H19ClF3N3O4S. The normalized spacial score (nSPS) is 18.1. The van der Waals surface area contributed by atoms with Crippen molar-refractivity contribution >= 4 is 51.7 Å². The molecule has 2 amide bonds. The standard InChI is InChI=1S/C26H19ClF3N3O4S/c27-17-4-2-6-19(11-17)31-24(35)22-12-23(34)33(13-15-7-8-20-21(9-15)37-14-36-20)25(38-22)32-18-5-1-3-16(10-18)26(28,29)30/h1-11,22H,12-14H2,(H,31,35)/t22-/m0/s1. The SMILES string of the molecule is O=C(Nc1cccc(Cl)c1)[C@@H]1CC(=O)N(Cc2ccc3c(c2)OCO3)C(=Nc2cccc(C(F)(F)F)c2)S1. The number of thioether (sulfide) groups is 1. The number of hydrogen-bond acceptors (Lipinski definition) is 6. The fourth-order valence-corrected chi connectivity index (χ4v) is 5.16. The lowest BCUT2D eigenvalue weighted by Crippen LogP contribution is -2.44. The first kappa shape index (κ1) is 25.9. The molecule has 196 valence electrons. The van der Waals surface area contributed by atoms with Gasteiger partial charge in [-0.25, -0.2) is 4.99 Å².